The van der Waals surface area contributed by atoms with Crippen LogP contribution in [0.3, 0.4) is 0 Å². The molecule has 4 rings (SSSR count). The fourth-order valence-corrected chi connectivity index (χ4v) is 3.22. The summed E-state index contributed by atoms with van der Waals surface area (Å²) in [5.74, 6) is 0.950. The molecule has 0 amide bonds. The molecule has 0 aromatic heterocycles. The lowest BCUT2D eigenvalue weighted by atomic mass is 9.91. The van der Waals surface area contributed by atoms with Gasteiger partial charge in [-0.2, -0.15) is 0 Å². The number of ether oxygens (including phenoxy) is 1. The summed E-state index contributed by atoms with van der Waals surface area (Å²) in [5, 5.41) is 4.76. The van der Waals surface area contributed by atoms with Gasteiger partial charge in [-0.3, -0.25) is 0 Å². The molecule has 106 valence electrons. The van der Waals surface area contributed by atoms with Crippen molar-refractivity contribution in [2.24, 2.45) is 0 Å². The topological polar surface area (TPSA) is 9.23 Å². The van der Waals surface area contributed by atoms with Crippen LogP contribution in [0.4, 0.5) is 0 Å². The van der Waals surface area contributed by atoms with Crippen LogP contribution in [0, 0.1) is 0 Å². The van der Waals surface area contributed by atoms with Crippen molar-refractivity contribution in [2.45, 2.75) is 0 Å². The molecule has 0 saturated carbocycles. The fraction of sp³-hybridized carbons (Fsp3) is 0.0476. The highest BCUT2D eigenvalue weighted by atomic mass is 16.5. The zero-order valence-corrected chi connectivity index (χ0v) is 12.4. The average Bonchev–Trinajstić information content (AvgIpc) is 2.60. The van der Waals surface area contributed by atoms with Crippen LogP contribution < -0.4 is 4.74 Å². The molecule has 0 heterocycles. The summed E-state index contributed by atoms with van der Waals surface area (Å²) < 4.78 is 5.73. The van der Waals surface area contributed by atoms with Crippen LogP contribution in [0.25, 0.3) is 32.7 Å². The first kappa shape index (κ1) is 12.9. The number of methoxy groups -OCH3 is 1. The number of benzene rings is 4. The van der Waals surface area contributed by atoms with E-state index in [4.69, 9.17) is 4.74 Å². The van der Waals surface area contributed by atoms with Gasteiger partial charge in [-0.25, -0.2) is 0 Å². The monoisotopic (exact) mass is 284 g/mol. The van der Waals surface area contributed by atoms with Crippen LogP contribution >= 0.6 is 0 Å². The van der Waals surface area contributed by atoms with Gasteiger partial charge in [0.05, 0.1) is 7.11 Å². The number of rotatable bonds is 2. The molecule has 0 aliphatic rings. The predicted octanol–water partition coefficient (Wildman–Crippen LogP) is 5.67. The highest BCUT2D eigenvalue weighted by Gasteiger charge is 2.14. The Labute approximate surface area is 129 Å². The van der Waals surface area contributed by atoms with E-state index in [1.807, 2.05) is 0 Å². The van der Waals surface area contributed by atoms with Crippen molar-refractivity contribution in [2.75, 3.05) is 7.11 Å². The third kappa shape index (κ3) is 1.86. The smallest absolute Gasteiger partial charge is 0.134 e. The maximum Gasteiger partial charge on any atom is 0.134 e. The van der Waals surface area contributed by atoms with Crippen LogP contribution in [-0.2, 0) is 0 Å². The van der Waals surface area contributed by atoms with Gasteiger partial charge in [0.25, 0.3) is 0 Å². The molecule has 0 aliphatic carbocycles. The summed E-state index contributed by atoms with van der Waals surface area (Å²) in [6.07, 6.45) is 0. The van der Waals surface area contributed by atoms with E-state index < -0.39 is 0 Å². The van der Waals surface area contributed by atoms with Crippen molar-refractivity contribution in [3.8, 4) is 16.9 Å². The van der Waals surface area contributed by atoms with E-state index in [1.54, 1.807) is 7.11 Å². The SMILES string of the molecule is COc1c2ccccc2c(-c2ccccc2)c2ccccc12. The lowest BCUT2D eigenvalue weighted by molar-refractivity contribution is 0.424. The van der Waals surface area contributed by atoms with Crippen LogP contribution in [0.5, 0.6) is 5.75 Å². The van der Waals surface area contributed by atoms with Gasteiger partial charge in [-0.05, 0) is 21.9 Å². The van der Waals surface area contributed by atoms with Crippen LogP contribution in [0.15, 0.2) is 78.9 Å². The zero-order valence-electron chi connectivity index (χ0n) is 12.4. The largest absolute Gasteiger partial charge is 0.495 e. The Hall–Kier alpha value is -2.80. The van der Waals surface area contributed by atoms with Crippen molar-refractivity contribution in [1.29, 1.82) is 0 Å². The molecule has 0 atom stereocenters. The van der Waals surface area contributed by atoms with Gasteiger partial charge in [0.2, 0.25) is 0 Å². The standard InChI is InChI=1S/C21H16O/c1-22-21-18-13-7-5-11-16(18)20(15-9-3-2-4-10-15)17-12-6-8-14-19(17)21/h2-14H,1H3. The number of fused-ring (bicyclic) bond motifs is 2. The van der Waals surface area contributed by atoms with Gasteiger partial charge in [-0.1, -0.05) is 78.9 Å². The molecule has 0 aliphatic heterocycles. The normalized spacial score (nSPS) is 11.0. The molecule has 22 heavy (non-hydrogen) atoms. The quantitative estimate of drug-likeness (QED) is 0.431. The Bertz CT molecular complexity index is 898. The Balaban J connectivity index is 2.27. The van der Waals surface area contributed by atoms with Crippen LogP contribution in [0.2, 0.25) is 0 Å². The predicted molar refractivity (Wildman–Crippen MR) is 93.4 cm³/mol. The summed E-state index contributed by atoms with van der Waals surface area (Å²) in [6.45, 7) is 0. The molecule has 4 aromatic rings. The molecule has 0 unspecified atom stereocenters. The van der Waals surface area contributed by atoms with Gasteiger partial charge in [-0.15, -0.1) is 0 Å². The molecule has 0 N–H and O–H groups in total. The first-order valence-corrected chi connectivity index (χ1v) is 7.43. The summed E-state index contributed by atoms with van der Waals surface area (Å²) in [5.41, 5.74) is 2.50. The Morgan fingerprint density at radius 3 is 1.50 bits per heavy atom. The van der Waals surface area contributed by atoms with E-state index in [0.717, 1.165) is 16.5 Å². The summed E-state index contributed by atoms with van der Waals surface area (Å²) in [7, 11) is 1.75. The molecule has 0 bridgehead atoms. The molecule has 1 nitrogen and oxygen atoms in total. The van der Waals surface area contributed by atoms with Crippen molar-refractivity contribution >= 4 is 21.5 Å². The van der Waals surface area contributed by atoms with E-state index in [-0.39, 0.29) is 0 Å². The summed E-state index contributed by atoms with van der Waals surface area (Å²) in [4.78, 5) is 0. The second-order valence-corrected chi connectivity index (χ2v) is 5.37. The minimum absolute atomic E-state index is 0.950. The summed E-state index contributed by atoms with van der Waals surface area (Å²) in [6, 6.07) is 27.5. The van der Waals surface area contributed by atoms with E-state index in [9.17, 15) is 0 Å². The van der Waals surface area contributed by atoms with Crippen LogP contribution in [0.1, 0.15) is 0 Å². The number of hydrogen-bond donors (Lipinski definition) is 0. The van der Waals surface area contributed by atoms with E-state index in [2.05, 4.69) is 78.9 Å². The molecule has 4 aromatic carbocycles. The fourth-order valence-electron chi connectivity index (χ4n) is 3.22. The Kier molecular flexibility index (Phi) is 3.05. The molecular weight excluding hydrogens is 268 g/mol. The Morgan fingerprint density at radius 1 is 0.545 bits per heavy atom. The van der Waals surface area contributed by atoms with Crippen molar-refractivity contribution in [1.82, 2.24) is 0 Å². The lowest BCUT2D eigenvalue weighted by Crippen LogP contribution is -1.91. The van der Waals surface area contributed by atoms with Gasteiger partial charge >= 0.3 is 0 Å². The van der Waals surface area contributed by atoms with Crippen molar-refractivity contribution in [3.05, 3.63) is 78.9 Å². The maximum absolute atomic E-state index is 5.73. The molecule has 0 saturated heterocycles. The zero-order chi connectivity index (χ0) is 14.9. The van der Waals surface area contributed by atoms with Crippen molar-refractivity contribution < 1.29 is 4.74 Å². The Morgan fingerprint density at radius 2 is 1.00 bits per heavy atom. The van der Waals surface area contributed by atoms with Gasteiger partial charge in [0.1, 0.15) is 5.75 Å². The maximum atomic E-state index is 5.73. The lowest BCUT2D eigenvalue weighted by Gasteiger charge is -2.16. The molecule has 0 fully saturated rings. The first-order chi connectivity index (χ1) is 10.9. The molecule has 0 radical (unpaired) electrons. The third-order valence-electron chi connectivity index (χ3n) is 4.15. The minimum atomic E-state index is 0.950. The van der Waals surface area contributed by atoms with E-state index in [1.165, 1.54) is 21.9 Å². The average molecular weight is 284 g/mol. The highest BCUT2D eigenvalue weighted by molar-refractivity contribution is 6.16. The van der Waals surface area contributed by atoms with Gasteiger partial charge < -0.3 is 4.74 Å². The number of hydrogen-bond acceptors (Lipinski definition) is 1. The van der Waals surface area contributed by atoms with E-state index in [0.29, 0.717) is 0 Å². The van der Waals surface area contributed by atoms with E-state index >= 15 is 0 Å². The first-order valence-electron chi connectivity index (χ1n) is 7.43. The highest BCUT2D eigenvalue weighted by Crippen LogP contribution is 2.42. The van der Waals surface area contributed by atoms with Gasteiger partial charge in [0, 0.05) is 10.8 Å². The second kappa shape index (κ2) is 5.19. The second-order valence-electron chi connectivity index (χ2n) is 5.37. The van der Waals surface area contributed by atoms with Gasteiger partial charge in [0.15, 0.2) is 0 Å². The minimum Gasteiger partial charge on any atom is -0.495 e. The van der Waals surface area contributed by atoms with Crippen LogP contribution in [-0.4, -0.2) is 7.11 Å². The molecule has 1 heteroatoms. The molecule has 0 spiro atoms. The third-order valence-corrected chi connectivity index (χ3v) is 4.15. The summed E-state index contributed by atoms with van der Waals surface area (Å²) >= 11 is 0. The molecular formula is C21H16O. The van der Waals surface area contributed by atoms with Crippen molar-refractivity contribution in [3.63, 3.8) is 0 Å².